The highest BCUT2D eigenvalue weighted by molar-refractivity contribution is 7.80. The van der Waals surface area contributed by atoms with Gasteiger partial charge in [0.2, 0.25) is 0 Å². The lowest BCUT2D eigenvalue weighted by molar-refractivity contribution is 0.626. The Labute approximate surface area is 128 Å². The van der Waals surface area contributed by atoms with Crippen molar-refractivity contribution in [1.29, 1.82) is 0 Å². The van der Waals surface area contributed by atoms with Gasteiger partial charge in [0, 0.05) is 12.2 Å². The summed E-state index contributed by atoms with van der Waals surface area (Å²) in [5.74, 6) is -0.500. The molecule has 0 fully saturated rings. The van der Waals surface area contributed by atoms with Crippen molar-refractivity contribution in [2.45, 2.75) is 12.8 Å². The first-order chi connectivity index (χ1) is 10.1. The van der Waals surface area contributed by atoms with Crippen LogP contribution in [0.2, 0.25) is 0 Å². The predicted octanol–water partition coefficient (Wildman–Crippen LogP) is 3.88. The Morgan fingerprint density at radius 2 is 1.48 bits per heavy atom. The molecule has 110 valence electrons. The zero-order chi connectivity index (χ0) is 15.1. The number of hydrogen-bond donors (Lipinski definition) is 2. The second-order valence-corrected chi connectivity index (χ2v) is 5.03. The van der Waals surface area contributed by atoms with Crippen LogP contribution < -0.4 is 10.6 Å². The highest BCUT2D eigenvalue weighted by atomic mass is 32.1. The molecule has 0 unspecified atom stereocenters. The van der Waals surface area contributed by atoms with Crippen LogP contribution in [0.3, 0.4) is 0 Å². The topological polar surface area (TPSA) is 24.1 Å². The van der Waals surface area contributed by atoms with Crippen LogP contribution in [-0.2, 0) is 6.42 Å². The van der Waals surface area contributed by atoms with E-state index in [4.69, 9.17) is 12.2 Å². The Kier molecular flexibility index (Phi) is 5.63. The molecule has 0 atom stereocenters. The molecule has 2 rings (SSSR count). The van der Waals surface area contributed by atoms with Crippen molar-refractivity contribution in [3.8, 4) is 0 Å². The highest BCUT2D eigenvalue weighted by Gasteiger charge is 1.98. The van der Waals surface area contributed by atoms with Crippen LogP contribution in [0.5, 0.6) is 0 Å². The maximum atomic E-state index is 12.8. The molecule has 21 heavy (non-hydrogen) atoms. The molecule has 0 saturated carbocycles. The van der Waals surface area contributed by atoms with Crippen molar-refractivity contribution in [3.63, 3.8) is 0 Å². The molecule has 0 aliphatic carbocycles. The lowest BCUT2D eigenvalue weighted by atomic mass is 10.1. The highest BCUT2D eigenvalue weighted by Crippen LogP contribution is 2.08. The molecule has 2 nitrogen and oxygen atoms in total. The summed E-state index contributed by atoms with van der Waals surface area (Å²) in [6.45, 7) is 0.713. The molecular weight excluding hydrogens is 290 g/mol. The van der Waals surface area contributed by atoms with E-state index in [1.54, 1.807) is 24.3 Å². The third-order valence-electron chi connectivity index (χ3n) is 2.94. The van der Waals surface area contributed by atoms with Gasteiger partial charge in [-0.2, -0.15) is 0 Å². The Hall–Kier alpha value is -2.01. The summed E-state index contributed by atoms with van der Waals surface area (Å²) >= 11 is 5.15. The molecule has 5 heteroatoms. The minimum Gasteiger partial charge on any atom is -0.362 e. The molecule has 0 bridgehead atoms. The van der Waals surface area contributed by atoms with Gasteiger partial charge in [0.25, 0.3) is 0 Å². The number of aryl methyl sites for hydroxylation is 1. The molecule has 0 aromatic heterocycles. The van der Waals surface area contributed by atoms with E-state index in [0.29, 0.717) is 11.7 Å². The van der Waals surface area contributed by atoms with Crippen LogP contribution in [0.25, 0.3) is 0 Å². The van der Waals surface area contributed by atoms with E-state index < -0.39 is 0 Å². The number of rotatable bonds is 5. The lowest BCUT2D eigenvalue weighted by Gasteiger charge is -2.10. The Morgan fingerprint density at radius 3 is 2.10 bits per heavy atom. The second-order valence-electron chi connectivity index (χ2n) is 4.62. The van der Waals surface area contributed by atoms with Crippen molar-refractivity contribution in [2.75, 3.05) is 11.9 Å². The van der Waals surface area contributed by atoms with Crippen LogP contribution in [0.4, 0.5) is 14.5 Å². The number of thiocarbonyl (C=S) groups is 1. The van der Waals surface area contributed by atoms with E-state index in [-0.39, 0.29) is 11.6 Å². The SMILES string of the molecule is Fc1ccc(CCCNC(=S)Nc2ccc(F)cc2)cc1. The Morgan fingerprint density at radius 1 is 0.905 bits per heavy atom. The molecule has 0 radical (unpaired) electrons. The number of anilines is 1. The third-order valence-corrected chi connectivity index (χ3v) is 3.19. The minimum atomic E-state index is -0.279. The van der Waals surface area contributed by atoms with E-state index in [0.717, 1.165) is 24.1 Å². The zero-order valence-corrected chi connectivity index (χ0v) is 12.2. The summed E-state index contributed by atoms with van der Waals surface area (Å²) < 4.78 is 25.5. The van der Waals surface area contributed by atoms with Gasteiger partial charge in [0.15, 0.2) is 5.11 Å². The smallest absolute Gasteiger partial charge is 0.170 e. The van der Waals surface area contributed by atoms with E-state index in [1.807, 2.05) is 0 Å². The van der Waals surface area contributed by atoms with Crippen LogP contribution in [0.1, 0.15) is 12.0 Å². The fourth-order valence-corrected chi connectivity index (χ4v) is 2.07. The van der Waals surface area contributed by atoms with E-state index in [1.165, 1.54) is 24.3 Å². The first kappa shape index (κ1) is 15.4. The minimum absolute atomic E-state index is 0.221. The first-order valence-electron chi connectivity index (χ1n) is 6.68. The standard InChI is InChI=1S/C16H16F2N2S/c17-13-5-3-12(4-6-13)2-1-11-19-16(21)20-15-9-7-14(18)8-10-15/h3-10H,1-2,11H2,(H2,19,20,21). The normalized spacial score (nSPS) is 10.2. The van der Waals surface area contributed by atoms with Gasteiger partial charge in [-0.1, -0.05) is 12.1 Å². The molecule has 2 N–H and O–H groups in total. The Bertz CT molecular complexity index is 582. The maximum absolute atomic E-state index is 12.8. The van der Waals surface area contributed by atoms with E-state index >= 15 is 0 Å². The molecular formula is C16H16F2N2S. The van der Waals surface area contributed by atoms with Gasteiger partial charge in [-0.25, -0.2) is 8.78 Å². The van der Waals surface area contributed by atoms with Crippen molar-refractivity contribution in [3.05, 3.63) is 65.7 Å². The molecule has 2 aromatic rings. The van der Waals surface area contributed by atoms with Crippen LogP contribution in [0, 0.1) is 11.6 Å². The molecule has 0 aliphatic rings. The number of halogens is 2. The van der Waals surface area contributed by atoms with Crippen molar-refractivity contribution < 1.29 is 8.78 Å². The van der Waals surface area contributed by atoms with E-state index in [9.17, 15) is 8.78 Å². The summed E-state index contributed by atoms with van der Waals surface area (Å²) in [5.41, 5.74) is 1.84. The third kappa shape index (κ3) is 5.47. The lowest BCUT2D eigenvalue weighted by Crippen LogP contribution is -2.29. The Balaban J connectivity index is 1.67. The number of hydrogen-bond acceptors (Lipinski definition) is 1. The fraction of sp³-hybridized carbons (Fsp3) is 0.188. The van der Waals surface area contributed by atoms with Crippen molar-refractivity contribution in [1.82, 2.24) is 5.32 Å². The van der Waals surface area contributed by atoms with Crippen LogP contribution in [0.15, 0.2) is 48.5 Å². The summed E-state index contributed by atoms with van der Waals surface area (Å²) in [4.78, 5) is 0. The van der Waals surface area contributed by atoms with Gasteiger partial charge in [0.05, 0.1) is 0 Å². The maximum Gasteiger partial charge on any atom is 0.170 e. The molecule has 0 amide bonds. The molecule has 2 aromatic carbocycles. The zero-order valence-electron chi connectivity index (χ0n) is 11.4. The monoisotopic (exact) mass is 306 g/mol. The van der Waals surface area contributed by atoms with Gasteiger partial charge in [-0.15, -0.1) is 0 Å². The van der Waals surface area contributed by atoms with Gasteiger partial charge in [-0.3, -0.25) is 0 Å². The molecule has 0 spiro atoms. The van der Waals surface area contributed by atoms with E-state index in [2.05, 4.69) is 10.6 Å². The fourth-order valence-electron chi connectivity index (χ4n) is 1.85. The summed E-state index contributed by atoms with van der Waals surface area (Å²) in [6, 6.07) is 12.5. The first-order valence-corrected chi connectivity index (χ1v) is 7.09. The quantitative estimate of drug-likeness (QED) is 0.647. The van der Waals surface area contributed by atoms with Crippen LogP contribution in [-0.4, -0.2) is 11.7 Å². The van der Waals surface area contributed by atoms with Crippen molar-refractivity contribution >= 4 is 23.0 Å². The summed E-state index contributed by atoms with van der Waals surface area (Å²) in [5, 5.41) is 6.56. The average molecular weight is 306 g/mol. The van der Waals surface area contributed by atoms with Gasteiger partial charge >= 0.3 is 0 Å². The predicted molar refractivity (Wildman–Crippen MR) is 85.3 cm³/mol. The second kappa shape index (κ2) is 7.69. The van der Waals surface area contributed by atoms with Crippen molar-refractivity contribution in [2.24, 2.45) is 0 Å². The van der Waals surface area contributed by atoms with Gasteiger partial charge in [0.1, 0.15) is 11.6 Å². The average Bonchev–Trinajstić information content (AvgIpc) is 2.48. The largest absolute Gasteiger partial charge is 0.362 e. The number of benzene rings is 2. The summed E-state index contributed by atoms with van der Waals surface area (Å²) in [6.07, 6.45) is 1.74. The summed E-state index contributed by atoms with van der Waals surface area (Å²) in [7, 11) is 0. The molecule has 0 heterocycles. The molecule has 0 aliphatic heterocycles. The van der Waals surface area contributed by atoms with Gasteiger partial charge < -0.3 is 10.6 Å². The molecule has 0 saturated heterocycles. The van der Waals surface area contributed by atoms with Gasteiger partial charge in [-0.05, 0) is 67.0 Å². The number of nitrogens with one attached hydrogen (secondary N) is 2. The van der Waals surface area contributed by atoms with Crippen LogP contribution >= 0.6 is 12.2 Å².